The molecule has 108 valence electrons. The van der Waals surface area contributed by atoms with Crippen LogP contribution < -0.4 is 10.6 Å². The van der Waals surface area contributed by atoms with Gasteiger partial charge in [0.25, 0.3) is 0 Å². The van der Waals surface area contributed by atoms with E-state index in [1.54, 1.807) is 0 Å². The molecule has 0 saturated heterocycles. The Morgan fingerprint density at radius 3 is 2.65 bits per heavy atom. The van der Waals surface area contributed by atoms with Gasteiger partial charge in [-0.2, -0.15) is 0 Å². The first-order valence-corrected chi connectivity index (χ1v) is 6.59. The fraction of sp³-hybridized carbons (Fsp3) is 0.429. The minimum absolute atomic E-state index is 0.168. The number of urea groups is 1. The van der Waals surface area contributed by atoms with Gasteiger partial charge in [-0.1, -0.05) is 6.92 Å². The van der Waals surface area contributed by atoms with Crippen molar-refractivity contribution in [3.63, 3.8) is 0 Å². The molecule has 1 aromatic rings. The van der Waals surface area contributed by atoms with E-state index in [4.69, 9.17) is 5.11 Å². The number of benzene rings is 1. The van der Waals surface area contributed by atoms with Gasteiger partial charge < -0.3 is 20.8 Å². The van der Waals surface area contributed by atoms with E-state index in [0.29, 0.717) is 11.6 Å². The number of hydrogen-bond acceptors (Lipinski definition) is 3. The fourth-order valence-electron chi connectivity index (χ4n) is 2.48. The van der Waals surface area contributed by atoms with Gasteiger partial charge in [0.15, 0.2) is 0 Å². The molecule has 2 atom stereocenters. The van der Waals surface area contributed by atoms with Gasteiger partial charge in [0, 0.05) is 11.7 Å². The average Bonchev–Trinajstić information content (AvgIpc) is 2.76. The molecule has 0 heterocycles. The molecular formula is C14H18N2O4. The second kappa shape index (κ2) is 5.81. The van der Waals surface area contributed by atoms with E-state index >= 15 is 0 Å². The monoisotopic (exact) mass is 278 g/mol. The van der Waals surface area contributed by atoms with Gasteiger partial charge in [0.1, 0.15) is 11.3 Å². The molecule has 2 amide bonds. The Morgan fingerprint density at radius 1 is 1.30 bits per heavy atom. The Balaban J connectivity index is 1.97. The predicted molar refractivity (Wildman–Crippen MR) is 74.0 cm³/mol. The zero-order valence-corrected chi connectivity index (χ0v) is 11.2. The lowest BCUT2D eigenvalue weighted by molar-refractivity contribution is 0.0693. The number of rotatable bonds is 3. The number of anilines is 1. The quantitative estimate of drug-likeness (QED) is 0.638. The molecule has 6 heteroatoms. The zero-order chi connectivity index (χ0) is 14.7. The maximum atomic E-state index is 11.8. The van der Waals surface area contributed by atoms with E-state index in [1.807, 2.05) is 0 Å². The van der Waals surface area contributed by atoms with Crippen LogP contribution in [0.2, 0.25) is 0 Å². The summed E-state index contributed by atoms with van der Waals surface area (Å²) in [6.07, 6.45) is 3.03. The van der Waals surface area contributed by atoms with Crippen molar-refractivity contribution in [1.29, 1.82) is 0 Å². The molecule has 0 aromatic heterocycles. The van der Waals surface area contributed by atoms with Gasteiger partial charge >= 0.3 is 12.0 Å². The van der Waals surface area contributed by atoms with Crippen LogP contribution in [-0.4, -0.2) is 28.3 Å². The third-order valence-electron chi connectivity index (χ3n) is 3.51. The smallest absolute Gasteiger partial charge is 0.339 e. The molecule has 20 heavy (non-hydrogen) atoms. The minimum Gasteiger partial charge on any atom is -0.507 e. The number of aromatic hydroxyl groups is 1. The minimum atomic E-state index is -1.24. The highest BCUT2D eigenvalue weighted by atomic mass is 16.4. The Bertz CT molecular complexity index is 530. The highest BCUT2D eigenvalue weighted by molar-refractivity contribution is 5.95. The molecule has 1 aliphatic rings. The topological polar surface area (TPSA) is 98.7 Å². The normalized spacial score (nSPS) is 21.4. The fourth-order valence-corrected chi connectivity index (χ4v) is 2.48. The number of carboxylic acids is 1. The summed E-state index contributed by atoms with van der Waals surface area (Å²) in [5, 5.41) is 23.7. The Labute approximate surface area is 116 Å². The van der Waals surface area contributed by atoms with Crippen molar-refractivity contribution in [3.8, 4) is 5.75 Å². The second-order valence-electron chi connectivity index (χ2n) is 5.25. The van der Waals surface area contributed by atoms with Gasteiger partial charge in [-0.25, -0.2) is 9.59 Å². The van der Waals surface area contributed by atoms with Crippen LogP contribution in [0.4, 0.5) is 10.5 Å². The van der Waals surface area contributed by atoms with Crippen LogP contribution in [-0.2, 0) is 0 Å². The van der Waals surface area contributed by atoms with Crippen LogP contribution in [0.1, 0.15) is 36.5 Å². The van der Waals surface area contributed by atoms with Crippen molar-refractivity contribution in [2.45, 2.75) is 32.2 Å². The van der Waals surface area contributed by atoms with Crippen molar-refractivity contribution in [2.75, 3.05) is 5.32 Å². The third kappa shape index (κ3) is 3.40. The molecule has 1 fully saturated rings. The molecule has 0 bridgehead atoms. The second-order valence-corrected chi connectivity index (χ2v) is 5.25. The molecule has 4 N–H and O–H groups in total. The summed E-state index contributed by atoms with van der Waals surface area (Å²) in [5.74, 6) is -0.947. The van der Waals surface area contributed by atoms with E-state index < -0.39 is 5.97 Å². The Morgan fingerprint density at radius 2 is 2.05 bits per heavy atom. The molecule has 2 rings (SSSR count). The number of carboxylic acid groups (broad SMARTS) is 1. The Hall–Kier alpha value is -2.24. The standard InChI is InChI=1S/C14H18N2O4/c1-8-2-3-9(6-8)15-14(20)16-10-4-5-12(17)11(7-10)13(18)19/h4-5,7-9,17H,2-3,6H2,1H3,(H,18,19)(H2,15,16,20). The molecule has 1 saturated carbocycles. The summed E-state index contributed by atoms with van der Waals surface area (Å²) in [7, 11) is 0. The van der Waals surface area contributed by atoms with Crippen molar-refractivity contribution in [2.24, 2.45) is 5.92 Å². The lowest BCUT2D eigenvalue weighted by Crippen LogP contribution is -2.36. The molecule has 1 aliphatic carbocycles. The molecule has 0 radical (unpaired) electrons. The van der Waals surface area contributed by atoms with Crippen molar-refractivity contribution in [1.82, 2.24) is 5.32 Å². The van der Waals surface area contributed by atoms with E-state index in [-0.39, 0.29) is 23.4 Å². The van der Waals surface area contributed by atoms with Crippen molar-refractivity contribution in [3.05, 3.63) is 23.8 Å². The van der Waals surface area contributed by atoms with Gasteiger partial charge in [0.05, 0.1) is 0 Å². The summed E-state index contributed by atoms with van der Waals surface area (Å²) in [6, 6.07) is 3.75. The van der Waals surface area contributed by atoms with Crippen molar-refractivity contribution < 1.29 is 19.8 Å². The number of carbonyl (C=O) groups excluding carboxylic acids is 1. The van der Waals surface area contributed by atoms with Crippen LogP contribution in [0.3, 0.4) is 0 Å². The van der Waals surface area contributed by atoms with E-state index in [2.05, 4.69) is 17.6 Å². The maximum absolute atomic E-state index is 11.8. The SMILES string of the molecule is CC1CCC(NC(=O)Nc2ccc(O)c(C(=O)O)c2)C1. The zero-order valence-electron chi connectivity index (χ0n) is 11.2. The summed E-state index contributed by atoms with van der Waals surface area (Å²) >= 11 is 0. The number of aromatic carboxylic acids is 1. The molecule has 0 aliphatic heterocycles. The highest BCUT2D eigenvalue weighted by Gasteiger charge is 2.22. The largest absolute Gasteiger partial charge is 0.507 e. The lowest BCUT2D eigenvalue weighted by Gasteiger charge is -2.14. The summed E-state index contributed by atoms with van der Waals surface area (Å²) < 4.78 is 0. The summed E-state index contributed by atoms with van der Waals surface area (Å²) in [5.41, 5.74) is 0.0982. The van der Waals surface area contributed by atoms with Crippen molar-refractivity contribution >= 4 is 17.7 Å². The van der Waals surface area contributed by atoms with Crippen LogP contribution in [0.15, 0.2) is 18.2 Å². The third-order valence-corrected chi connectivity index (χ3v) is 3.51. The van der Waals surface area contributed by atoms with Crippen LogP contribution in [0.5, 0.6) is 5.75 Å². The lowest BCUT2D eigenvalue weighted by atomic mass is 10.1. The number of amides is 2. The first-order chi connectivity index (χ1) is 9.45. The van der Waals surface area contributed by atoms with Gasteiger partial charge in [0.2, 0.25) is 0 Å². The summed E-state index contributed by atoms with van der Waals surface area (Å²) in [4.78, 5) is 22.7. The number of phenols is 1. The van der Waals surface area contributed by atoms with Gasteiger partial charge in [-0.3, -0.25) is 0 Å². The molecule has 1 aromatic carbocycles. The highest BCUT2D eigenvalue weighted by Crippen LogP contribution is 2.25. The first kappa shape index (κ1) is 14.2. The average molecular weight is 278 g/mol. The number of carbonyl (C=O) groups is 2. The van der Waals surface area contributed by atoms with E-state index in [9.17, 15) is 14.7 Å². The van der Waals surface area contributed by atoms with Gasteiger partial charge in [-0.15, -0.1) is 0 Å². The van der Waals surface area contributed by atoms with Crippen LogP contribution in [0, 0.1) is 5.92 Å². The first-order valence-electron chi connectivity index (χ1n) is 6.59. The van der Waals surface area contributed by atoms with E-state index in [0.717, 1.165) is 19.3 Å². The van der Waals surface area contributed by atoms with Gasteiger partial charge in [-0.05, 0) is 43.4 Å². The number of hydrogen-bond donors (Lipinski definition) is 4. The van der Waals surface area contributed by atoms with Crippen LogP contribution in [0.25, 0.3) is 0 Å². The molecule has 2 unspecified atom stereocenters. The number of nitrogens with one attached hydrogen (secondary N) is 2. The molecular weight excluding hydrogens is 260 g/mol. The maximum Gasteiger partial charge on any atom is 0.339 e. The molecule has 6 nitrogen and oxygen atoms in total. The predicted octanol–water partition coefficient (Wildman–Crippen LogP) is 2.40. The molecule has 0 spiro atoms. The Kier molecular flexibility index (Phi) is 4.12. The summed E-state index contributed by atoms with van der Waals surface area (Å²) in [6.45, 7) is 2.15. The van der Waals surface area contributed by atoms with E-state index in [1.165, 1.54) is 18.2 Å². The van der Waals surface area contributed by atoms with Crippen LogP contribution >= 0.6 is 0 Å².